The Labute approximate surface area is 164 Å². The van der Waals surface area contributed by atoms with Gasteiger partial charge in [-0.2, -0.15) is 0 Å². The van der Waals surface area contributed by atoms with Crippen LogP contribution in [0.4, 0.5) is 5.95 Å². The summed E-state index contributed by atoms with van der Waals surface area (Å²) in [4.78, 5) is 16.5. The number of H-pyrrole nitrogens is 1. The lowest BCUT2D eigenvalue weighted by atomic mass is 9.96. The number of nitrogens with one attached hydrogen (secondary N) is 1. The van der Waals surface area contributed by atoms with Crippen LogP contribution in [0.5, 0.6) is 5.75 Å². The molecule has 1 atom stereocenters. The molecule has 1 aliphatic heterocycles. The Balaban J connectivity index is 1.48. The normalized spacial score (nSPS) is 16.1. The van der Waals surface area contributed by atoms with Crippen LogP contribution >= 0.6 is 15.9 Å². The first-order valence-corrected chi connectivity index (χ1v) is 9.45. The molecule has 7 heteroatoms. The fraction of sp³-hybridized carbons (Fsp3) is 0.150. The van der Waals surface area contributed by atoms with E-state index in [1.165, 1.54) is 5.56 Å². The zero-order valence-electron chi connectivity index (χ0n) is 14.3. The van der Waals surface area contributed by atoms with Crippen molar-refractivity contribution in [2.24, 2.45) is 0 Å². The van der Waals surface area contributed by atoms with Crippen molar-refractivity contribution >= 4 is 32.9 Å². The van der Waals surface area contributed by atoms with E-state index >= 15 is 0 Å². The average molecular weight is 422 g/mol. The fourth-order valence-corrected chi connectivity index (χ4v) is 3.86. The number of aromatic amines is 1. The summed E-state index contributed by atoms with van der Waals surface area (Å²) in [6, 6.07) is 14.0. The van der Waals surface area contributed by atoms with E-state index in [2.05, 4.69) is 36.9 Å². The second kappa shape index (κ2) is 6.35. The number of imidazole rings is 1. The van der Waals surface area contributed by atoms with E-state index in [1.807, 2.05) is 36.4 Å². The third-order valence-corrected chi connectivity index (χ3v) is 5.28. The van der Waals surface area contributed by atoms with Gasteiger partial charge in [0, 0.05) is 16.2 Å². The smallest absolute Gasteiger partial charge is 0.220 e. The lowest BCUT2D eigenvalue weighted by Gasteiger charge is -2.24. The number of fused-ring (bicyclic) bond motifs is 2. The maximum absolute atomic E-state index is 5.94. The molecule has 27 heavy (non-hydrogen) atoms. The molecule has 0 saturated heterocycles. The first-order chi connectivity index (χ1) is 13.2. The van der Waals surface area contributed by atoms with Gasteiger partial charge in [-0.1, -0.05) is 22.0 Å². The van der Waals surface area contributed by atoms with Gasteiger partial charge in [0.1, 0.15) is 11.6 Å². The highest BCUT2D eigenvalue weighted by atomic mass is 79.9. The summed E-state index contributed by atoms with van der Waals surface area (Å²) in [5, 5.41) is 0. The topological polar surface area (TPSA) is 89.7 Å². The fourth-order valence-electron chi connectivity index (χ4n) is 3.45. The zero-order chi connectivity index (χ0) is 18.4. The number of anilines is 1. The molecule has 0 aliphatic carbocycles. The molecule has 6 nitrogen and oxygen atoms in total. The molecule has 5 rings (SSSR count). The molecule has 0 radical (unpaired) electrons. The Kier molecular flexibility index (Phi) is 3.82. The van der Waals surface area contributed by atoms with Gasteiger partial charge in [-0.3, -0.25) is 0 Å². The van der Waals surface area contributed by atoms with Crippen LogP contribution in [0.25, 0.3) is 22.3 Å². The van der Waals surface area contributed by atoms with Crippen LogP contribution in [0.3, 0.4) is 0 Å². The maximum Gasteiger partial charge on any atom is 0.220 e. The Bertz CT molecular complexity index is 1160. The summed E-state index contributed by atoms with van der Waals surface area (Å²) in [7, 11) is 0. The number of hydrogen-bond acceptors (Lipinski definition) is 5. The summed E-state index contributed by atoms with van der Waals surface area (Å²) in [6.45, 7) is 0.615. The number of nitrogens with zero attached hydrogens (tertiary/aromatic N) is 3. The molecule has 1 unspecified atom stereocenters. The van der Waals surface area contributed by atoms with Crippen molar-refractivity contribution < 1.29 is 4.74 Å². The van der Waals surface area contributed by atoms with Gasteiger partial charge in [0.05, 0.1) is 29.3 Å². The number of aromatic nitrogens is 4. The molecular weight excluding hydrogens is 406 g/mol. The highest BCUT2D eigenvalue weighted by molar-refractivity contribution is 9.10. The molecule has 1 aliphatic rings. The second-order valence-electron chi connectivity index (χ2n) is 6.62. The van der Waals surface area contributed by atoms with Crippen molar-refractivity contribution in [1.82, 2.24) is 19.9 Å². The largest absolute Gasteiger partial charge is 0.493 e. The van der Waals surface area contributed by atoms with E-state index in [-0.39, 0.29) is 11.9 Å². The third-order valence-electron chi connectivity index (χ3n) is 4.79. The lowest BCUT2D eigenvalue weighted by Crippen LogP contribution is -2.20. The van der Waals surface area contributed by atoms with Gasteiger partial charge in [-0.05, 0) is 48.4 Å². The van der Waals surface area contributed by atoms with E-state index in [0.717, 1.165) is 44.8 Å². The average Bonchev–Trinajstić information content (AvgIpc) is 3.10. The highest BCUT2D eigenvalue weighted by Gasteiger charge is 2.24. The number of nitrogens with two attached hydrogens (primary N) is 1. The van der Waals surface area contributed by atoms with Gasteiger partial charge in [-0.25, -0.2) is 15.0 Å². The molecule has 0 saturated carbocycles. The Morgan fingerprint density at radius 2 is 2.04 bits per heavy atom. The summed E-state index contributed by atoms with van der Waals surface area (Å²) in [5.41, 5.74) is 10.5. The van der Waals surface area contributed by atoms with Crippen LogP contribution in [-0.4, -0.2) is 26.5 Å². The zero-order valence-corrected chi connectivity index (χ0v) is 15.9. The van der Waals surface area contributed by atoms with E-state index < -0.39 is 0 Å². The standard InChI is InChI=1S/C20H16BrN5O/c21-14-2-4-18-12(8-14)7-13(10-27-18)19-24-16-3-1-11(9-17(16)25-19)15-5-6-23-20(22)26-15/h1-6,8-9,13H,7,10H2,(H,24,25)(H2,22,23,26). The van der Waals surface area contributed by atoms with Crippen LogP contribution < -0.4 is 10.5 Å². The van der Waals surface area contributed by atoms with Gasteiger partial charge < -0.3 is 15.5 Å². The second-order valence-corrected chi connectivity index (χ2v) is 7.53. The van der Waals surface area contributed by atoms with Gasteiger partial charge in [0.25, 0.3) is 0 Å². The van der Waals surface area contributed by atoms with Crippen molar-refractivity contribution in [3.63, 3.8) is 0 Å². The minimum absolute atomic E-state index is 0.192. The number of ether oxygens (including phenoxy) is 1. The third kappa shape index (κ3) is 3.04. The molecule has 2 aromatic heterocycles. The van der Waals surface area contributed by atoms with Crippen molar-refractivity contribution in [3.05, 3.63) is 64.5 Å². The Hall–Kier alpha value is -2.93. The van der Waals surface area contributed by atoms with Crippen LogP contribution in [0.1, 0.15) is 17.3 Å². The van der Waals surface area contributed by atoms with Gasteiger partial charge in [-0.15, -0.1) is 0 Å². The predicted octanol–water partition coefficient (Wildman–Crippen LogP) is 4.08. The SMILES string of the molecule is Nc1nccc(-c2ccc3[nH]c(C4COc5ccc(Br)cc5C4)nc3c2)n1. The van der Waals surface area contributed by atoms with E-state index in [9.17, 15) is 0 Å². The van der Waals surface area contributed by atoms with E-state index in [4.69, 9.17) is 15.5 Å². The monoisotopic (exact) mass is 421 g/mol. The van der Waals surface area contributed by atoms with Crippen LogP contribution in [-0.2, 0) is 6.42 Å². The molecular formula is C20H16BrN5O. The van der Waals surface area contributed by atoms with Crippen molar-refractivity contribution in [1.29, 1.82) is 0 Å². The molecule has 0 spiro atoms. The maximum atomic E-state index is 5.94. The number of rotatable bonds is 2. The van der Waals surface area contributed by atoms with Crippen molar-refractivity contribution in [2.75, 3.05) is 12.3 Å². The van der Waals surface area contributed by atoms with Crippen LogP contribution in [0, 0.1) is 0 Å². The van der Waals surface area contributed by atoms with Crippen LogP contribution in [0.2, 0.25) is 0 Å². The molecule has 2 aromatic carbocycles. The number of halogens is 1. The van der Waals surface area contributed by atoms with Crippen LogP contribution in [0.15, 0.2) is 53.1 Å². The quantitative estimate of drug-likeness (QED) is 0.508. The first-order valence-electron chi connectivity index (χ1n) is 8.65. The molecule has 4 aromatic rings. The minimum atomic E-state index is 0.192. The minimum Gasteiger partial charge on any atom is -0.493 e. The number of nitrogen functional groups attached to an aromatic ring is 1. The molecule has 3 heterocycles. The lowest BCUT2D eigenvalue weighted by molar-refractivity contribution is 0.258. The van der Waals surface area contributed by atoms with Crippen molar-refractivity contribution in [3.8, 4) is 17.0 Å². The Morgan fingerprint density at radius 3 is 2.93 bits per heavy atom. The van der Waals surface area contributed by atoms with Gasteiger partial charge >= 0.3 is 0 Å². The molecule has 0 fully saturated rings. The van der Waals surface area contributed by atoms with Gasteiger partial charge in [0.2, 0.25) is 5.95 Å². The molecule has 134 valence electrons. The highest BCUT2D eigenvalue weighted by Crippen LogP contribution is 2.34. The van der Waals surface area contributed by atoms with Gasteiger partial charge in [0.15, 0.2) is 0 Å². The summed E-state index contributed by atoms with van der Waals surface area (Å²) >= 11 is 3.53. The van der Waals surface area contributed by atoms with E-state index in [0.29, 0.717) is 6.61 Å². The molecule has 0 amide bonds. The summed E-state index contributed by atoms with van der Waals surface area (Å²) < 4.78 is 7.00. The summed E-state index contributed by atoms with van der Waals surface area (Å²) in [5.74, 6) is 2.35. The number of hydrogen-bond donors (Lipinski definition) is 2. The predicted molar refractivity (Wildman–Crippen MR) is 108 cm³/mol. The Morgan fingerprint density at radius 1 is 1.11 bits per heavy atom. The van der Waals surface area contributed by atoms with Crippen molar-refractivity contribution in [2.45, 2.75) is 12.3 Å². The first kappa shape index (κ1) is 16.3. The molecule has 0 bridgehead atoms. The number of benzene rings is 2. The molecule has 3 N–H and O–H groups in total. The van der Waals surface area contributed by atoms with E-state index in [1.54, 1.807) is 6.20 Å². The summed E-state index contributed by atoms with van der Waals surface area (Å²) in [6.07, 6.45) is 2.55.